The molecule has 4 nitrogen and oxygen atoms in total. The fourth-order valence-corrected chi connectivity index (χ4v) is 1.75. The van der Waals surface area contributed by atoms with Crippen LogP contribution in [0.3, 0.4) is 0 Å². The smallest absolute Gasteiger partial charge is 0.337 e. The van der Waals surface area contributed by atoms with E-state index in [0.29, 0.717) is 5.56 Å². The molecule has 0 aliphatic heterocycles. The van der Waals surface area contributed by atoms with Crippen molar-refractivity contribution in [1.29, 1.82) is 0 Å². The van der Waals surface area contributed by atoms with Crippen molar-refractivity contribution in [2.75, 3.05) is 13.7 Å². The van der Waals surface area contributed by atoms with Crippen LogP contribution in [0.4, 0.5) is 0 Å². The van der Waals surface area contributed by atoms with E-state index < -0.39 is 0 Å². The topological polar surface area (TPSA) is 52.6 Å². The molecule has 1 radical (unpaired) electrons. The molecule has 1 rings (SSSR count). The first-order valence-corrected chi connectivity index (χ1v) is 7.72. The highest BCUT2D eigenvalue weighted by molar-refractivity contribution is 6.24. The van der Waals surface area contributed by atoms with Gasteiger partial charge in [0.25, 0.3) is 7.48 Å². The zero-order valence-corrected chi connectivity index (χ0v) is 13.6. The lowest BCUT2D eigenvalue weighted by Crippen LogP contribution is -1.99. The van der Waals surface area contributed by atoms with Gasteiger partial charge in [-0.05, 0) is 25.0 Å². The number of carbonyl (C=O) groups excluding carboxylic acids is 2. The molecule has 22 heavy (non-hydrogen) atoms. The van der Waals surface area contributed by atoms with Crippen LogP contribution < -0.4 is 0 Å². The SMILES string of the molecule is COC(=O)c1ccccc1.C[B]OCCCCCCCC=O. The van der Waals surface area contributed by atoms with E-state index in [4.69, 9.17) is 4.65 Å². The number of ether oxygens (including phenoxy) is 1. The third-order valence-corrected chi connectivity index (χ3v) is 2.95. The Morgan fingerprint density at radius 3 is 2.32 bits per heavy atom. The summed E-state index contributed by atoms with van der Waals surface area (Å²) in [6, 6.07) is 8.88. The minimum Gasteiger partial charge on any atom is -0.465 e. The van der Waals surface area contributed by atoms with Crippen molar-refractivity contribution in [2.24, 2.45) is 0 Å². The van der Waals surface area contributed by atoms with E-state index in [1.807, 2.05) is 12.9 Å². The molecule has 0 N–H and O–H groups in total. The summed E-state index contributed by atoms with van der Waals surface area (Å²) in [6.07, 6.45) is 7.51. The van der Waals surface area contributed by atoms with Crippen LogP contribution in [0, 0.1) is 0 Å². The molecule has 0 atom stereocenters. The normalized spacial score (nSPS) is 9.36. The molecule has 1 aromatic rings. The Kier molecular flexibility index (Phi) is 14.6. The van der Waals surface area contributed by atoms with Gasteiger partial charge in [0.2, 0.25) is 0 Å². The van der Waals surface area contributed by atoms with Crippen LogP contribution in [-0.4, -0.2) is 33.5 Å². The highest BCUT2D eigenvalue weighted by atomic mass is 16.5. The first-order chi connectivity index (χ1) is 10.8. The summed E-state index contributed by atoms with van der Waals surface area (Å²) in [5, 5.41) is 0. The van der Waals surface area contributed by atoms with Gasteiger partial charge in [0.1, 0.15) is 6.29 Å². The molecule has 0 aromatic heterocycles. The van der Waals surface area contributed by atoms with Crippen molar-refractivity contribution in [1.82, 2.24) is 0 Å². The molecule has 0 amide bonds. The second kappa shape index (κ2) is 15.8. The Morgan fingerprint density at radius 2 is 1.73 bits per heavy atom. The molecule has 0 spiro atoms. The van der Waals surface area contributed by atoms with Crippen molar-refractivity contribution >= 4 is 19.7 Å². The third-order valence-electron chi connectivity index (χ3n) is 2.95. The summed E-state index contributed by atoms with van der Waals surface area (Å²) in [4.78, 5) is 20.7. The van der Waals surface area contributed by atoms with Crippen molar-refractivity contribution in [3.05, 3.63) is 35.9 Å². The number of hydrogen-bond donors (Lipinski definition) is 0. The van der Waals surface area contributed by atoms with Gasteiger partial charge in [-0.25, -0.2) is 4.79 Å². The van der Waals surface area contributed by atoms with Gasteiger partial charge in [-0.3, -0.25) is 0 Å². The van der Waals surface area contributed by atoms with E-state index >= 15 is 0 Å². The number of benzene rings is 1. The van der Waals surface area contributed by atoms with Gasteiger partial charge in [0, 0.05) is 13.0 Å². The van der Waals surface area contributed by atoms with Gasteiger partial charge in [-0.2, -0.15) is 0 Å². The quantitative estimate of drug-likeness (QED) is 0.286. The second-order valence-electron chi connectivity index (χ2n) is 4.69. The molecule has 1 aromatic carbocycles. The second-order valence-corrected chi connectivity index (χ2v) is 4.69. The van der Waals surface area contributed by atoms with Gasteiger partial charge in [0.05, 0.1) is 12.7 Å². The Morgan fingerprint density at radius 1 is 1.09 bits per heavy atom. The first-order valence-electron chi connectivity index (χ1n) is 7.72. The van der Waals surface area contributed by atoms with E-state index in [1.54, 1.807) is 31.7 Å². The van der Waals surface area contributed by atoms with Crippen LogP contribution in [0.25, 0.3) is 0 Å². The number of methoxy groups -OCH3 is 1. The van der Waals surface area contributed by atoms with E-state index in [2.05, 4.69) is 4.74 Å². The van der Waals surface area contributed by atoms with Crippen LogP contribution in [0.15, 0.2) is 30.3 Å². The Balaban J connectivity index is 0.000000406. The van der Waals surface area contributed by atoms with E-state index in [9.17, 15) is 9.59 Å². The molecule has 0 heterocycles. The minimum atomic E-state index is -0.291. The Bertz CT molecular complexity index is 382. The van der Waals surface area contributed by atoms with E-state index in [1.165, 1.54) is 26.4 Å². The molecule has 0 unspecified atom stereocenters. The number of hydrogen-bond acceptors (Lipinski definition) is 4. The molecule has 0 saturated heterocycles. The molecule has 5 heteroatoms. The lowest BCUT2D eigenvalue weighted by atomic mass is 10.1. The predicted octanol–water partition coefficient (Wildman–Crippen LogP) is 3.68. The summed E-state index contributed by atoms with van der Waals surface area (Å²) < 4.78 is 9.58. The fourth-order valence-electron chi connectivity index (χ4n) is 1.75. The molecule has 0 aliphatic carbocycles. The monoisotopic (exact) mass is 305 g/mol. The van der Waals surface area contributed by atoms with Gasteiger partial charge < -0.3 is 14.2 Å². The number of esters is 1. The zero-order valence-electron chi connectivity index (χ0n) is 13.6. The molecular weight excluding hydrogens is 279 g/mol. The standard InChI is InChI=1S/C9H18BO2.C8H8O2/c1-10-12-9-7-5-3-2-4-6-8-11;1-10-8(9)7-5-3-2-4-6-7/h8H,2-7,9H2,1H3;2-6H,1H3. The maximum atomic E-state index is 10.8. The summed E-state index contributed by atoms with van der Waals surface area (Å²) in [5.74, 6) is -0.291. The number of rotatable bonds is 10. The van der Waals surface area contributed by atoms with Crippen LogP contribution in [0.1, 0.15) is 48.9 Å². The van der Waals surface area contributed by atoms with Crippen LogP contribution >= 0.6 is 0 Å². The highest BCUT2D eigenvalue weighted by Gasteiger charge is 2.00. The fraction of sp³-hybridized carbons (Fsp3) is 0.529. The first kappa shape index (κ1) is 20.4. The summed E-state index contributed by atoms with van der Waals surface area (Å²) in [5.41, 5.74) is 0.588. The summed E-state index contributed by atoms with van der Waals surface area (Å²) >= 11 is 0. The Labute approximate surface area is 134 Å². The molecule has 0 aliphatic rings. The van der Waals surface area contributed by atoms with E-state index in [-0.39, 0.29) is 5.97 Å². The summed E-state index contributed by atoms with van der Waals surface area (Å²) in [7, 11) is 3.10. The maximum absolute atomic E-state index is 10.8. The average molecular weight is 305 g/mol. The number of aldehydes is 1. The molecule has 0 fully saturated rings. The van der Waals surface area contributed by atoms with Crippen LogP contribution in [-0.2, 0) is 14.2 Å². The van der Waals surface area contributed by atoms with Crippen molar-refractivity contribution < 1.29 is 19.0 Å². The Hall–Kier alpha value is -1.62. The van der Waals surface area contributed by atoms with Gasteiger partial charge in [-0.15, -0.1) is 0 Å². The third kappa shape index (κ3) is 12.2. The molecular formula is C17H26BO4. The lowest BCUT2D eigenvalue weighted by Gasteiger charge is -2.00. The number of carbonyl (C=O) groups is 2. The lowest BCUT2D eigenvalue weighted by molar-refractivity contribution is -0.107. The van der Waals surface area contributed by atoms with Gasteiger partial charge in [-0.1, -0.05) is 44.3 Å². The predicted molar refractivity (Wildman–Crippen MR) is 89.1 cm³/mol. The molecule has 0 bridgehead atoms. The average Bonchev–Trinajstić information content (AvgIpc) is 2.58. The summed E-state index contributed by atoms with van der Waals surface area (Å²) in [6.45, 7) is 2.73. The van der Waals surface area contributed by atoms with Gasteiger partial charge >= 0.3 is 5.97 Å². The van der Waals surface area contributed by atoms with Crippen molar-refractivity contribution in [3.63, 3.8) is 0 Å². The largest absolute Gasteiger partial charge is 0.465 e. The number of unbranched alkanes of at least 4 members (excludes halogenated alkanes) is 5. The maximum Gasteiger partial charge on any atom is 0.337 e. The highest BCUT2D eigenvalue weighted by Crippen LogP contribution is 2.04. The molecule has 0 saturated carbocycles. The van der Waals surface area contributed by atoms with Gasteiger partial charge in [0.15, 0.2) is 0 Å². The van der Waals surface area contributed by atoms with Crippen molar-refractivity contribution in [2.45, 2.75) is 45.3 Å². The van der Waals surface area contributed by atoms with Crippen LogP contribution in [0.2, 0.25) is 6.82 Å². The molecule has 121 valence electrons. The van der Waals surface area contributed by atoms with Crippen molar-refractivity contribution in [3.8, 4) is 0 Å². The van der Waals surface area contributed by atoms with E-state index in [0.717, 1.165) is 32.2 Å². The minimum absolute atomic E-state index is 0.291. The van der Waals surface area contributed by atoms with Crippen LogP contribution in [0.5, 0.6) is 0 Å². The zero-order chi connectivity index (χ0) is 16.5.